The number of hydrogen-bond acceptors (Lipinski definition) is 4. The second kappa shape index (κ2) is 6.46. The SMILES string of the molecule is O=C(CC1CCCC1)N1C[C@@H]2CCN(c3ncccn3)C[C@@H]2C1. The van der Waals surface area contributed by atoms with E-state index >= 15 is 0 Å². The van der Waals surface area contributed by atoms with E-state index < -0.39 is 0 Å². The van der Waals surface area contributed by atoms with Gasteiger partial charge in [0, 0.05) is 45.0 Å². The minimum absolute atomic E-state index is 0.397. The molecule has 0 unspecified atom stereocenters. The molecule has 1 aliphatic carbocycles. The van der Waals surface area contributed by atoms with Crippen molar-refractivity contribution in [3.05, 3.63) is 18.5 Å². The molecule has 0 spiro atoms. The molecule has 0 N–H and O–H groups in total. The van der Waals surface area contributed by atoms with E-state index in [0.29, 0.717) is 23.7 Å². The summed E-state index contributed by atoms with van der Waals surface area (Å²) in [6.07, 6.45) is 10.7. The molecule has 1 amide bonds. The summed E-state index contributed by atoms with van der Waals surface area (Å²) in [6.45, 7) is 3.90. The molecule has 124 valence electrons. The third-order valence-electron chi connectivity index (χ3n) is 5.93. The van der Waals surface area contributed by atoms with Crippen LogP contribution in [-0.4, -0.2) is 47.0 Å². The van der Waals surface area contributed by atoms with Gasteiger partial charge < -0.3 is 9.80 Å². The van der Waals surface area contributed by atoms with Crippen molar-refractivity contribution >= 4 is 11.9 Å². The lowest BCUT2D eigenvalue weighted by Crippen LogP contribution is -2.40. The first-order chi connectivity index (χ1) is 11.3. The zero-order chi connectivity index (χ0) is 15.6. The van der Waals surface area contributed by atoms with E-state index in [1.165, 1.54) is 25.7 Å². The van der Waals surface area contributed by atoms with Crippen LogP contribution < -0.4 is 4.90 Å². The van der Waals surface area contributed by atoms with Crippen molar-refractivity contribution in [2.75, 3.05) is 31.1 Å². The fraction of sp³-hybridized carbons (Fsp3) is 0.722. The topological polar surface area (TPSA) is 49.3 Å². The molecule has 3 aliphatic rings. The Bertz CT molecular complexity index is 543. The Hall–Kier alpha value is -1.65. The van der Waals surface area contributed by atoms with Gasteiger partial charge in [-0.1, -0.05) is 12.8 Å². The molecule has 2 aliphatic heterocycles. The van der Waals surface area contributed by atoms with Crippen LogP contribution in [0.4, 0.5) is 5.95 Å². The summed E-state index contributed by atoms with van der Waals surface area (Å²) in [5.74, 6) is 3.14. The van der Waals surface area contributed by atoms with E-state index in [9.17, 15) is 4.79 Å². The van der Waals surface area contributed by atoms with Gasteiger partial charge in [0.1, 0.15) is 0 Å². The summed E-state index contributed by atoms with van der Waals surface area (Å²) in [5, 5.41) is 0. The first-order valence-electron chi connectivity index (χ1n) is 9.09. The van der Waals surface area contributed by atoms with Crippen molar-refractivity contribution in [2.24, 2.45) is 17.8 Å². The number of anilines is 1. The van der Waals surface area contributed by atoms with Crippen molar-refractivity contribution in [1.82, 2.24) is 14.9 Å². The van der Waals surface area contributed by atoms with Crippen LogP contribution in [0.2, 0.25) is 0 Å². The molecule has 1 saturated carbocycles. The molecule has 0 aromatic carbocycles. The minimum atomic E-state index is 0.397. The Balaban J connectivity index is 1.35. The molecule has 5 nitrogen and oxygen atoms in total. The van der Waals surface area contributed by atoms with Gasteiger partial charge in [-0.05, 0) is 43.1 Å². The predicted octanol–water partition coefficient (Wildman–Crippen LogP) is 2.34. The molecule has 23 heavy (non-hydrogen) atoms. The number of fused-ring (bicyclic) bond motifs is 1. The fourth-order valence-corrected chi connectivity index (χ4v) is 4.60. The summed E-state index contributed by atoms with van der Waals surface area (Å²) in [6, 6.07) is 1.86. The number of carbonyl (C=O) groups excluding carboxylic acids is 1. The Morgan fingerprint density at radius 1 is 1.04 bits per heavy atom. The van der Waals surface area contributed by atoms with Crippen molar-refractivity contribution < 1.29 is 4.79 Å². The normalized spacial score (nSPS) is 28.2. The van der Waals surface area contributed by atoms with Crippen LogP contribution in [0, 0.1) is 17.8 Å². The maximum absolute atomic E-state index is 12.6. The standard InChI is InChI=1S/C18H26N4O/c23-17(10-14-4-1-2-5-14)22-11-15-6-9-21(12-16(15)13-22)18-19-7-3-8-20-18/h3,7-8,14-16H,1-2,4-6,9-13H2/t15-,16+/m0/s1. The van der Waals surface area contributed by atoms with Gasteiger partial charge in [-0.3, -0.25) is 4.79 Å². The van der Waals surface area contributed by atoms with Gasteiger partial charge in [-0.2, -0.15) is 0 Å². The Morgan fingerprint density at radius 2 is 1.78 bits per heavy atom. The number of aromatic nitrogens is 2. The molecule has 0 bridgehead atoms. The molecule has 1 aromatic rings. The van der Waals surface area contributed by atoms with E-state index in [1.807, 2.05) is 6.07 Å². The molecule has 3 fully saturated rings. The van der Waals surface area contributed by atoms with Crippen LogP contribution in [0.15, 0.2) is 18.5 Å². The highest BCUT2D eigenvalue weighted by molar-refractivity contribution is 5.76. The lowest BCUT2D eigenvalue weighted by Gasteiger charge is -2.34. The van der Waals surface area contributed by atoms with Crippen LogP contribution in [0.3, 0.4) is 0 Å². The zero-order valence-electron chi connectivity index (χ0n) is 13.7. The Morgan fingerprint density at radius 3 is 2.57 bits per heavy atom. The molecular formula is C18H26N4O. The summed E-state index contributed by atoms with van der Waals surface area (Å²) in [4.78, 5) is 25.8. The molecule has 2 atom stereocenters. The van der Waals surface area contributed by atoms with Crippen LogP contribution in [0.25, 0.3) is 0 Å². The van der Waals surface area contributed by atoms with Gasteiger partial charge in [0.05, 0.1) is 0 Å². The number of amides is 1. The van der Waals surface area contributed by atoms with Crippen molar-refractivity contribution in [1.29, 1.82) is 0 Å². The quantitative estimate of drug-likeness (QED) is 0.859. The number of piperidine rings is 1. The third kappa shape index (κ3) is 3.19. The second-order valence-corrected chi connectivity index (χ2v) is 7.46. The Kier molecular flexibility index (Phi) is 4.19. The maximum Gasteiger partial charge on any atom is 0.225 e. The largest absolute Gasteiger partial charge is 0.342 e. The first-order valence-corrected chi connectivity index (χ1v) is 9.09. The van der Waals surface area contributed by atoms with Gasteiger partial charge in [0.15, 0.2) is 0 Å². The monoisotopic (exact) mass is 314 g/mol. The van der Waals surface area contributed by atoms with Crippen LogP contribution in [-0.2, 0) is 4.79 Å². The van der Waals surface area contributed by atoms with E-state index in [4.69, 9.17) is 0 Å². The highest BCUT2D eigenvalue weighted by Crippen LogP contribution is 2.34. The lowest BCUT2D eigenvalue weighted by molar-refractivity contribution is -0.131. The van der Waals surface area contributed by atoms with E-state index in [0.717, 1.165) is 45.0 Å². The summed E-state index contributed by atoms with van der Waals surface area (Å²) in [7, 11) is 0. The van der Waals surface area contributed by atoms with E-state index in [1.54, 1.807) is 12.4 Å². The lowest BCUT2D eigenvalue weighted by atomic mass is 9.89. The average molecular weight is 314 g/mol. The van der Waals surface area contributed by atoms with Crippen LogP contribution >= 0.6 is 0 Å². The minimum Gasteiger partial charge on any atom is -0.342 e. The molecule has 1 aromatic heterocycles. The first kappa shape index (κ1) is 14.9. The zero-order valence-corrected chi connectivity index (χ0v) is 13.7. The van der Waals surface area contributed by atoms with Crippen molar-refractivity contribution in [3.8, 4) is 0 Å². The third-order valence-corrected chi connectivity index (χ3v) is 5.93. The molecule has 4 rings (SSSR count). The van der Waals surface area contributed by atoms with Gasteiger partial charge >= 0.3 is 0 Å². The molecule has 2 saturated heterocycles. The Labute approximate surface area is 138 Å². The maximum atomic E-state index is 12.6. The van der Waals surface area contributed by atoms with Crippen LogP contribution in [0.5, 0.6) is 0 Å². The van der Waals surface area contributed by atoms with E-state index in [-0.39, 0.29) is 0 Å². The number of likely N-dealkylation sites (tertiary alicyclic amines) is 1. The van der Waals surface area contributed by atoms with Gasteiger partial charge in [-0.25, -0.2) is 9.97 Å². The fourth-order valence-electron chi connectivity index (χ4n) is 4.60. The van der Waals surface area contributed by atoms with Crippen LogP contribution in [0.1, 0.15) is 38.5 Å². The second-order valence-electron chi connectivity index (χ2n) is 7.46. The number of rotatable bonds is 3. The van der Waals surface area contributed by atoms with Gasteiger partial charge in [0.25, 0.3) is 0 Å². The van der Waals surface area contributed by atoms with E-state index in [2.05, 4.69) is 19.8 Å². The average Bonchev–Trinajstić information content (AvgIpc) is 3.24. The highest BCUT2D eigenvalue weighted by Gasteiger charge is 2.39. The van der Waals surface area contributed by atoms with Gasteiger partial charge in [-0.15, -0.1) is 0 Å². The molecule has 5 heteroatoms. The highest BCUT2D eigenvalue weighted by atomic mass is 16.2. The summed E-state index contributed by atoms with van der Waals surface area (Å²) in [5.41, 5.74) is 0. The summed E-state index contributed by atoms with van der Waals surface area (Å²) >= 11 is 0. The van der Waals surface area contributed by atoms with Gasteiger partial charge in [0.2, 0.25) is 11.9 Å². The predicted molar refractivity (Wildman–Crippen MR) is 89.0 cm³/mol. The number of hydrogen-bond donors (Lipinski definition) is 0. The van der Waals surface area contributed by atoms with Crippen molar-refractivity contribution in [2.45, 2.75) is 38.5 Å². The molecular weight excluding hydrogens is 288 g/mol. The molecule has 0 radical (unpaired) electrons. The molecule has 3 heterocycles. The number of nitrogens with zero attached hydrogens (tertiary/aromatic N) is 4. The van der Waals surface area contributed by atoms with Crippen molar-refractivity contribution in [3.63, 3.8) is 0 Å². The summed E-state index contributed by atoms with van der Waals surface area (Å²) < 4.78 is 0. The smallest absolute Gasteiger partial charge is 0.225 e. The number of carbonyl (C=O) groups is 1.